The van der Waals surface area contributed by atoms with E-state index in [4.69, 9.17) is 5.73 Å². The summed E-state index contributed by atoms with van der Waals surface area (Å²) in [4.78, 5) is 7.04. The second kappa shape index (κ2) is 6.31. The minimum atomic E-state index is 0.400. The van der Waals surface area contributed by atoms with Gasteiger partial charge in [-0.05, 0) is 57.1 Å². The fraction of sp³-hybridized carbons (Fsp3) is 0.471. The van der Waals surface area contributed by atoms with E-state index in [1.807, 2.05) is 30.5 Å². The molecule has 1 saturated heterocycles. The van der Waals surface area contributed by atoms with Crippen LogP contribution in [0.15, 0.2) is 30.5 Å². The standard InChI is InChI=1S/C17H24N4/c1-13(12-21-10-3-2-4-11-21)20-16-8-7-15(18)14-6-5-9-19-17(14)16/h5-9,13,20H,2-4,10-12,18H2,1H3. The second-order valence-corrected chi connectivity index (χ2v) is 6.01. The van der Waals surface area contributed by atoms with Crippen molar-refractivity contribution in [3.63, 3.8) is 0 Å². The molecule has 0 spiro atoms. The monoisotopic (exact) mass is 284 g/mol. The molecule has 0 radical (unpaired) electrons. The number of hydrogen-bond acceptors (Lipinski definition) is 4. The number of benzene rings is 1. The van der Waals surface area contributed by atoms with Crippen LogP contribution < -0.4 is 11.1 Å². The summed E-state index contributed by atoms with van der Waals surface area (Å²) < 4.78 is 0. The Balaban J connectivity index is 1.73. The molecule has 3 N–H and O–H groups in total. The van der Waals surface area contributed by atoms with Crippen LogP contribution in [0, 0.1) is 0 Å². The quantitative estimate of drug-likeness (QED) is 0.847. The lowest BCUT2D eigenvalue weighted by Gasteiger charge is -2.29. The molecular weight excluding hydrogens is 260 g/mol. The molecule has 3 rings (SSSR count). The minimum absolute atomic E-state index is 0.400. The summed E-state index contributed by atoms with van der Waals surface area (Å²) in [6.45, 7) is 5.78. The van der Waals surface area contributed by atoms with Gasteiger partial charge in [0, 0.05) is 29.9 Å². The molecule has 1 aliphatic heterocycles. The van der Waals surface area contributed by atoms with Crippen molar-refractivity contribution in [1.82, 2.24) is 9.88 Å². The molecule has 0 saturated carbocycles. The fourth-order valence-corrected chi connectivity index (χ4v) is 3.15. The third kappa shape index (κ3) is 3.27. The van der Waals surface area contributed by atoms with Crippen molar-refractivity contribution in [2.24, 2.45) is 0 Å². The molecule has 1 aromatic heterocycles. The lowest BCUT2D eigenvalue weighted by molar-refractivity contribution is 0.223. The maximum absolute atomic E-state index is 6.03. The van der Waals surface area contributed by atoms with Gasteiger partial charge in [-0.3, -0.25) is 4.98 Å². The Labute approximate surface area is 126 Å². The molecule has 4 heteroatoms. The van der Waals surface area contributed by atoms with Crippen molar-refractivity contribution >= 4 is 22.3 Å². The van der Waals surface area contributed by atoms with Gasteiger partial charge >= 0.3 is 0 Å². The van der Waals surface area contributed by atoms with E-state index in [1.54, 1.807) is 0 Å². The van der Waals surface area contributed by atoms with Gasteiger partial charge in [0.05, 0.1) is 11.2 Å². The van der Waals surface area contributed by atoms with Crippen LogP contribution in [0.3, 0.4) is 0 Å². The lowest BCUT2D eigenvalue weighted by Crippen LogP contribution is -2.38. The van der Waals surface area contributed by atoms with Crippen LogP contribution in [0.4, 0.5) is 11.4 Å². The first-order valence-electron chi connectivity index (χ1n) is 7.86. The van der Waals surface area contributed by atoms with E-state index in [0.717, 1.165) is 28.8 Å². The van der Waals surface area contributed by atoms with Crippen molar-refractivity contribution < 1.29 is 0 Å². The molecule has 2 aromatic rings. The second-order valence-electron chi connectivity index (χ2n) is 6.01. The number of nitrogens with zero attached hydrogens (tertiary/aromatic N) is 2. The Morgan fingerprint density at radius 1 is 1.24 bits per heavy atom. The Kier molecular flexibility index (Phi) is 4.25. The van der Waals surface area contributed by atoms with Gasteiger partial charge in [-0.25, -0.2) is 0 Å². The first-order chi connectivity index (χ1) is 10.2. The smallest absolute Gasteiger partial charge is 0.0953 e. The molecule has 0 aliphatic carbocycles. The molecule has 2 heterocycles. The van der Waals surface area contributed by atoms with E-state index in [-0.39, 0.29) is 0 Å². The van der Waals surface area contributed by atoms with Gasteiger partial charge in [0.25, 0.3) is 0 Å². The molecule has 21 heavy (non-hydrogen) atoms. The molecule has 1 aliphatic rings. The van der Waals surface area contributed by atoms with Crippen LogP contribution in [-0.2, 0) is 0 Å². The zero-order valence-corrected chi connectivity index (χ0v) is 12.7. The SMILES string of the molecule is CC(CN1CCCCC1)Nc1ccc(N)c2cccnc12. The number of hydrogen-bond donors (Lipinski definition) is 2. The van der Waals surface area contributed by atoms with Crippen molar-refractivity contribution in [3.8, 4) is 0 Å². The topological polar surface area (TPSA) is 54.2 Å². The third-order valence-electron chi connectivity index (χ3n) is 4.19. The maximum atomic E-state index is 6.03. The fourth-order valence-electron chi connectivity index (χ4n) is 3.15. The summed E-state index contributed by atoms with van der Waals surface area (Å²) in [5.74, 6) is 0. The lowest BCUT2D eigenvalue weighted by atomic mass is 10.1. The number of anilines is 2. The van der Waals surface area contributed by atoms with Gasteiger partial charge in [0.2, 0.25) is 0 Å². The number of piperidine rings is 1. The summed E-state index contributed by atoms with van der Waals surface area (Å²) in [5, 5.41) is 4.62. The number of nitrogens with one attached hydrogen (secondary N) is 1. The number of aromatic nitrogens is 1. The van der Waals surface area contributed by atoms with Crippen LogP contribution in [-0.4, -0.2) is 35.6 Å². The van der Waals surface area contributed by atoms with Gasteiger partial charge in [0.15, 0.2) is 0 Å². The van der Waals surface area contributed by atoms with Gasteiger partial charge < -0.3 is 16.0 Å². The molecule has 1 unspecified atom stereocenters. The van der Waals surface area contributed by atoms with Crippen molar-refractivity contribution in [2.45, 2.75) is 32.2 Å². The highest BCUT2D eigenvalue weighted by atomic mass is 15.2. The van der Waals surface area contributed by atoms with E-state index in [1.165, 1.54) is 32.4 Å². The largest absolute Gasteiger partial charge is 0.398 e. The van der Waals surface area contributed by atoms with E-state index in [0.29, 0.717) is 6.04 Å². The van der Waals surface area contributed by atoms with Gasteiger partial charge in [-0.1, -0.05) is 6.42 Å². The zero-order valence-electron chi connectivity index (χ0n) is 12.7. The summed E-state index contributed by atoms with van der Waals surface area (Å²) in [6, 6.07) is 8.35. The van der Waals surface area contributed by atoms with E-state index < -0.39 is 0 Å². The Morgan fingerprint density at radius 3 is 2.86 bits per heavy atom. The zero-order chi connectivity index (χ0) is 14.7. The highest BCUT2D eigenvalue weighted by Crippen LogP contribution is 2.26. The van der Waals surface area contributed by atoms with E-state index >= 15 is 0 Å². The molecule has 1 atom stereocenters. The summed E-state index contributed by atoms with van der Waals surface area (Å²) >= 11 is 0. The number of likely N-dealkylation sites (tertiary alicyclic amines) is 1. The Morgan fingerprint density at radius 2 is 2.05 bits per heavy atom. The first kappa shape index (κ1) is 14.1. The number of pyridine rings is 1. The molecular formula is C17H24N4. The van der Waals surface area contributed by atoms with Crippen LogP contribution >= 0.6 is 0 Å². The minimum Gasteiger partial charge on any atom is -0.398 e. The predicted octanol–water partition coefficient (Wildman–Crippen LogP) is 3.10. The first-order valence-corrected chi connectivity index (χ1v) is 7.86. The van der Waals surface area contributed by atoms with Gasteiger partial charge in [-0.2, -0.15) is 0 Å². The molecule has 0 bridgehead atoms. The number of rotatable bonds is 4. The third-order valence-corrected chi connectivity index (χ3v) is 4.19. The predicted molar refractivity (Wildman–Crippen MR) is 89.5 cm³/mol. The Hall–Kier alpha value is -1.81. The average molecular weight is 284 g/mol. The molecule has 1 fully saturated rings. The number of nitrogen functional groups attached to an aromatic ring is 1. The highest BCUT2D eigenvalue weighted by Gasteiger charge is 2.14. The highest BCUT2D eigenvalue weighted by molar-refractivity contribution is 5.98. The number of nitrogens with two attached hydrogens (primary N) is 1. The molecule has 1 aromatic carbocycles. The van der Waals surface area contributed by atoms with E-state index in [2.05, 4.69) is 22.1 Å². The summed E-state index contributed by atoms with van der Waals surface area (Å²) in [6.07, 6.45) is 5.87. The summed E-state index contributed by atoms with van der Waals surface area (Å²) in [7, 11) is 0. The van der Waals surface area contributed by atoms with Crippen LogP contribution in [0.25, 0.3) is 10.9 Å². The van der Waals surface area contributed by atoms with Gasteiger partial charge in [-0.15, -0.1) is 0 Å². The van der Waals surface area contributed by atoms with Crippen LogP contribution in [0.1, 0.15) is 26.2 Å². The van der Waals surface area contributed by atoms with Crippen LogP contribution in [0.5, 0.6) is 0 Å². The molecule has 4 nitrogen and oxygen atoms in total. The van der Waals surface area contributed by atoms with Crippen molar-refractivity contribution in [3.05, 3.63) is 30.5 Å². The summed E-state index contributed by atoms with van der Waals surface area (Å²) in [5.41, 5.74) is 8.85. The van der Waals surface area contributed by atoms with Crippen molar-refractivity contribution in [1.29, 1.82) is 0 Å². The molecule has 112 valence electrons. The normalized spacial score (nSPS) is 17.8. The molecule has 0 amide bonds. The Bertz CT molecular complexity index is 605. The number of fused-ring (bicyclic) bond motifs is 1. The van der Waals surface area contributed by atoms with Gasteiger partial charge in [0.1, 0.15) is 0 Å². The van der Waals surface area contributed by atoms with Crippen LogP contribution in [0.2, 0.25) is 0 Å². The maximum Gasteiger partial charge on any atom is 0.0953 e. The van der Waals surface area contributed by atoms with Crippen molar-refractivity contribution in [2.75, 3.05) is 30.7 Å². The average Bonchev–Trinajstić information content (AvgIpc) is 2.51. The van der Waals surface area contributed by atoms with E-state index in [9.17, 15) is 0 Å².